The van der Waals surface area contributed by atoms with Gasteiger partial charge in [0.05, 0.1) is 0 Å². The SMILES string of the molecule is CCCC(CC)C1CC(C)CCCC(CC)C1. The van der Waals surface area contributed by atoms with Gasteiger partial charge in [-0.15, -0.1) is 0 Å². The Morgan fingerprint density at radius 2 is 1.82 bits per heavy atom. The first-order chi connectivity index (χ1) is 8.21. The fraction of sp³-hybridized carbons (Fsp3) is 1.00. The summed E-state index contributed by atoms with van der Waals surface area (Å²) in [6.07, 6.45) is 13.2. The maximum atomic E-state index is 2.48. The highest BCUT2D eigenvalue weighted by Gasteiger charge is 2.26. The Kier molecular flexibility index (Phi) is 7.23. The summed E-state index contributed by atoms with van der Waals surface area (Å²) in [4.78, 5) is 0. The molecular weight excluding hydrogens is 204 g/mol. The number of hydrogen-bond donors (Lipinski definition) is 0. The number of rotatable bonds is 5. The molecule has 17 heavy (non-hydrogen) atoms. The van der Waals surface area contributed by atoms with Gasteiger partial charge in [0.15, 0.2) is 0 Å². The van der Waals surface area contributed by atoms with Crippen LogP contribution in [0.2, 0.25) is 0 Å². The highest BCUT2D eigenvalue weighted by molar-refractivity contribution is 4.77. The minimum absolute atomic E-state index is 0.976. The van der Waals surface area contributed by atoms with Crippen LogP contribution >= 0.6 is 0 Å². The second kappa shape index (κ2) is 8.16. The normalized spacial score (nSPS) is 32.8. The summed E-state index contributed by atoms with van der Waals surface area (Å²) >= 11 is 0. The summed E-state index contributed by atoms with van der Waals surface area (Å²) in [5.74, 6) is 4.04. The zero-order valence-corrected chi connectivity index (χ0v) is 12.7. The smallest absolute Gasteiger partial charge is 0.0381 e. The predicted molar refractivity (Wildman–Crippen MR) is 78.2 cm³/mol. The van der Waals surface area contributed by atoms with Gasteiger partial charge in [-0.2, -0.15) is 0 Å². The van der Waals surface area contributed by atoms with E-state index in [9.17, 15) is 0 Å². The van der Waals surface area contributed by atoms with E-state index in [4.69, 9.17) is 0 Å². The third-order valence-electron chi connectivity index (χ3n) is 5.08. The molecule has 0 aromatic rings. The van der Waals surface area contributed by atoms with Crippen molar-refractivity contribution in [2.45, 2.75) is 85.5 Å². The summed E-state index contributed by atoms with van der Waals surface area (Å²) in [6.45, 7) is 9.64. The quantitative estimate of drug-likeness (QED) is 0.546. The summed E-state index contributed by atoms with van der Waals surface area (Å²) in [5, 5.41) is 0. The first kappa shape index (κ1) is 15.1. The third kappa shape index (κ3) is 5.02. The molecule has 1 aliphatic rings. The average molecular weight is 238 g/mol. The molecule has 1 rings (SSSR count). The molecule has 1 saturated carbocycles. The van der Waals surface area contributed by atoms with Gasteiger partial charge >= 0.3 is 0 Å². The molecule has 0 aromatic heterocycles. The molecular formula is C17H34. The Bertz CT molecular complexity index is 184. The first-order valence-corrected chi connectivity index (χ1v) is 8.21. The second-order valence-electron chi connectivity index (χ2n) is 6.50. The topological polar surface area (TPSA) is 0 Å². The van der Waals surface area contributed by atoms with Crippen LogP contribution in [0.25, 0.3) is 0 Å². The van der Waals surface area contributed by atoms with Crippen molar-refractivity contribution in [2.24, 2.45) is 23.7 Å². The van der Waals surface area contributed by atoms with E-state index in [-0.39, 0.29) is 0 Å². The fourth-order valence-corrected chi connectivity index (χ4v) is 3.93. The molecule has 0 radical (unpaired) electrons. The summed E-state index contributed by atoms with van der Waals surface area (Å²) in [6, 6.07) is 0. The fourth-order valence-electron chi connectivity index (χ4n) is 3.93. The average Bonchev–Trinajstić information content (AvgIpc) is 2.30. The van der Waals surface area contributed by atoms with Crippen molar-refractivity contribution in [3.63, 3.8) is 0 Å². The van der Waals surface area contributed by atoms with E-state index in [2.05, 4.69) is 27.7 Å². The lowest BCUT2D eigenvalue weighted by Crippen LogP contribution is -2.22. The van der Waals surface area contributed by atoms with Crippen LogP contribution in [-0.2, 0) is 0 Å². The zero-order chi connectivity index (χ0) is 12.7. The first-order valence-electron chi connectivity index (χ1n) is 8.21. The molecule has 0 N–H and O–H groups in total. The van der Waals surface area contributed by atoms with Crippen molar-refractivity contribution in [1.29, 1.82) is 0 Å². The molecule has 0 spiro atoms. The predicted octanol–water partition coefficient (Wildman–Crippen LogP) is 6.06. The van der Waals surface area contributed by atoms with Crippen molar-refractivity contribution in [1.82, 2.24) is 0 Å². The lowest BCUT2D eigenvalue weighted by Gasteiger charge is -2.34. The lowest BCUT2D eigenvalue weighted by atomic mass is 9.72. The van der Waals surface area contributed by atoms with Gasteiger partial charge in [-0.3, -0.25) is 0 Å². The van der Waals surface area contributed by atoms with E-state index >= 15 is 0 Å². The van der Waals surface area contributed by atoms with E-state index in [0.717, 1.165) is 23.7 Å². The van der Waals surface area contributed by atoms with E-state index in [1.54, 1.807) is 0 Å². The van der Waals surface area contributed by atoms with Crippen LogP contribution in [0, 0.1) is 23.7 Å². The summed E-state index contributed by atoms with van der Waals surface area (Å²) in [5.41, 5.74) is 0. The maximum Gasteiger partial charge on any atom is -0.0381 e. The van der Waals surface area contributed by atoms with Gasteiger partial charge in [-0.25, -0.2) is 0 Å². The van der Waals surface area contributed by atoms with Gasteiger partial charge in [0, 0.05) is 0 Å². The van der Waals surface area contributed by atoms with Gasteiger partial charge in [0.2, 0.25) is 0 Å². The van der Waals surface area contributed by atoms with Crippen molar-refractivity contribution in [2.75, 3.05) is 0 Å². The molecule has 4 atom stereocenters. The molecule has 0 bridgehead atoms. The lowest BCUT2D eigenvalue weighted by molar-refractivity contribution is 0.175. The highest BCUT2D eigenvalue weighted by Crippen LogP contribution is 2.38. The Morgan fingerprint density at radius 3 is 2.41 bits per heavy atom. The highest BCUT2D eigenvalue weighted by atomic mass is 14.3. The van der Waals surface area contributed by atoms with E-state index < -0.39 is 0 Å². The van der Waals surface area contributed by atoms with Crippen LogP contribution in [0.4, 0.5) is 0 Å². The Morgan fingerprint density at radius 1 is 1.06 bits per heavy atom. The Labute approximate surface area is 110 Å². The number of hydrogen-bond acceptors (Lipinski definition) is 0. The molecule has 0 nitrogen and oxygen atoms in total. The van der Waals surface area contributed by atoms with Gasteiger partial charge < -0.3 is 0 Å². The summed E-state index contributed by atoms with van der Waals surface area (Å²) < 4.78 is 0. The molecule has 0 aliphatic heterocycles. The molecule has 0 heteroatoms. The van der Waals surface area contributed by atoms with E-state index in [1.165, 1.54) is 57.8 Å². The standard InChI is InChI=1S/C17H34/c1-5-9-16(7-3)17-12-14(4)10-8-11-15(6-2)13-17/h14-17H,5-13H2,1-4H3. The summed E-state index contributed by atoms with van der Waals surface area (Å²) in [7, 11) is 0. The minimum Gasteiger partial charge on any atom is -0.0654 e. The van der Waals surface area contributed by atoms with Crippen LogP contribution in [-0.4, -0.2) is 0 Å². The molecule has 1 fully saturated rings. The molecule has 102 valence electrons. The van der Waals surface area contributed by atoms with Crippen molar-refractivity contribution in [3.05, 3.63) is 0 Å². The second-order valence-corrected chi connectivity index (χ2v) is 6.50. The molecule has 0 heterocycles. The van der Waals surface area contributed by atoms with Crippen molar-refractivity contribution < 1.29 is 0 Å². The van der Waals surface area contributed by atoms with Gasteiger partial charge in [-0.05, 0) is 36.5 Å². The van der Waals surface area contributed by atoms with E-state index in [0.29, 0.717) is 0 Å². The third-order valence-corrected chi connectivity index (χ3v) is 5.08. The van der Waals surface area contributed by atoms with Crippen LogP contribution in [0.1, 0.15) is 85.5 Å². The van der Waals surface area contributed by atoms with Crippen molar-refractivity contribution in [3.8, 4) is 0 Å². The van der Waals surface area contributed by atoms with E-state index in [1.807, 2.05) is 0 Å². The van der Waals surface area contributed by atoms with Gasteiger partial charge in [0.1, 0.15) is 0 Å². The van der Waals surface area contributed by atoms with Crippen LogP contribution in [0.5, 0.6) is 0 Å². The molecule has 1 aliphatic carbocycles. The van der Waals surface area contributed by atoms with Crippen LogP contribution in [0.15, 0.2) is 0 Å². The Balaban J connectivity index is 2.61. The monoisotopic (exact) mass is 238 g/mol. The molecule has 0 saturated heterocycles. The van der Waals surface area contributed by atoms with Crippen LogP contribution < -0.4 is 0 Å². The molecule has 4 unspecified atom stereocenters. The van der Waals surface area contributed by atoms with Crippen LogP contribution in [0.3, 0.4) is 0 Å². The van der Waals surface area contributed by atoms with Gasteiger partial charge in [-0.1, -0.05) is 72.6 Å². The molecule has 0 aromatic carbocycles. The van der Waals surface area contributed by atoms with Gasteiger partial charge in [0.25, 0.3) is 0 Å². The van der Waals surface area contributed by atoms with Crippen molar-refractivity contribution >= 4 is 0 Å². The Hall–Kier alpha value is 0. The molecule has 0 amide bonds. The largest absolute Gasteiger partial charge is 0.0654 e. The zero-order valence-electron chi connectivity index (χ0n) is 12.7. The minimum atomic E-state index is 0.976. The maximum absolute atomic E-state index is 2.48.